The van der Waals surface area contributed by atoms with Gasteiger partial charge in [-0.05, 0) is 67.8 Å². The molecule has 1 saturated heterocycles. The van der Waals surface area contributed by atoms with Crippen LogP contribution in [0.2, 0.25) is 5.02 Å². The second-order valence-electron chi connectivity index (χ2n) is 9.41. The van der Waals surface area contributed by atoms with Crippen molar-refractivity contribution in [2.24, 2.45) is 0 Å². The number of hydrogen-bond acceptors (Lipinski definition) is 6. The molecule has 6 rings (SSSR count). The van der Waals surface area contributed by atoms with Gasteiger partial charge in [0.05, 0.1) is 11.2 Å². The van der Waals surface area contributed by atoms with Gasteiger partial charge in [0, 0.05) is 40.7 Å². The Morgan fingerprint density at radius 3 is 2.59 bits per heavy atom. The summed E-state index contributed by atoms with van der Waals surface area (Å²) >= 11 is 5.95. The third-order valence-electron chi connectivity index (χ3n) is 6.97. The number of hydrogen-bond donors (Lipinski definition) is 1. The molecule has 188 valence electrons. The van der Waals surface area contributed by atoms with E-state index in [1.54, 1.807) is 24.3 Å². The van der Waals surface area contributed by atoms with Crippen molar-refractivity contribution >= 4 is 34.4 Å². The van der Waals surface area contributed by atoms with E-state index in [2.05, 4.69) is 17.4 Å². The smallest absolute Gasteiger partial charge is 0.253 e. The second kappa shape index (κ2) is 9.90. The van der Waals surface area contributed by atoms with E-state index in [4.69, 9.17) is 31.0 Å². The molecule has 2 aliphatic heterocycles. The Balaban J connectivity index is 1.16. The summed E-state index contributed by atoms with van der Waals surface area (Å²) in [6, 6.07) is 19.4. The van der Waals surface area contributed by atoms with Crippen molar-refractivity contribution in [3.8, 4) is 22.6 Å². The van der Waals surface area contributed by atoms with Crippen LogP contribution >= 0.6 is 11.6 Å². The Bertz CT molecular complexity index is 1470. The number of likely N-dealkylation sites (tertiary alicyclic amines) is 1. The molecule has 7 nitrogen and oxygen atoms in total. The van der Waals surface area contributed by atoms with Crippen molar-refractivity contribution in [3.63, 3.8) is 0 Å². The molecule has 3 heterocycles. The maximum Gasteiger partial charge on any atom is 0.253 e. The van der Waals surface area contributed by atoms with Crippen LogP contribution in [0.5, 0.6) is 11.5 Å². The first-order chi connectivity index (χ1) is 18.0. The van der Waals surface area contributed by atoms with Gasteiger partial charge >= 0.3 is 0 Å². The Hall–Kier alpha value is -3.84. The highest BCUT2D eigenvalue weighted by Gasteiger charge is 2.24. The molecule has 0 atom stereocenters. The Kier molecular flexibility index (Phi) is 6.30. The molecule has 0 aliphatic carbocycles. The van der Waals surface area contributed by atoms with E-state index >= 15 is 0 Å². The van der Waals surface area contributed by atoms with Gasteiger partial charge in [-0.2, -0.15) is 0 Å². The highest BCUT2D eigenvalue weighted by molar-refractivity contribution is 6.30. The van der Waals surface area contributed by atoms with E-state index in [0.717, 1.165) is 52.1 Å². The minimum absolute atomic E-state index is 0.0420. The van der Waals surface area contributed by atoms with Crippen molar-refractivity contribution in [2.45, 2.75) is 25.8 Å². The van der Waals surface area contributed by atoms with E-state index in [1.165, 1.54) is 0 Å². The maximum atomic E-state index is 12.8. The zero-order valence-electron chi connectivity index (χ0n) is 20.5. The predicted octanol–water partition coefficient (Wildman–Crippen LogP) is 5.75. The van der Waals surface area contributed by atoms with Gasteiger partial charge in [-0.3, -0.25) is 4.79 Å². The zero-order valence-corrected chi connectivity index (χ0v) is 21.3. The summed E-state index contributed by atoms with van der Waals surface area (Å²) in [7, 11) is 0. The highest BCUT2D eigenvalue weighted by atomic mass is 35.5. The molecule has 0 unspecified atom stereocenters. The number of carbonyl (C=O) groups is 1. The van der Waals surface area contributed by atoms with E-state index in [9.17, 15) is 4.79 Å². The molecule has 1 N–H and O–H groups in total. The standard InChI is InChI=1S/C29H27ClN4O3/c1-18-24-17-20(23-3-2-4-26-27(23)37-16-15-36-26)7-10-25(24)33-29(31-18)32-22-11-13-34(14-12-22)28(35)19-5-8-21(30)9-6-19/h2-10,17,22H,11-16H2,1H3,(H,31,32,33). The number of nitrogens with one attached hydrogen (secondary N) is 1. The number of carbonyl (C=O) groups excluding carboxylic acids is 1. The van der Waals surface area contributed by atoms with Crippen LogP contribution in [0, 0.1) is 6.92 Å². The molecule has 0 bridgehead atoms. The van der Waals surface area contributed by atoms with Crippen LogP contribution < -0.4 is 14.8 Å². The second-order valence-corrected chi connectivity index (χ2v) is 9.85. The summed E-state index contributed by atoms with van der Waals surface area (Å²) in [5.41, 5.74) is 4.50. The SMILES string of the molecule is Cc1nc(NC2CCN(C(=O)c3ccc(Cl)cc3)CC2)nc2ccc(-c3cccc4c3OCCO4)cc12. The number of fused-ring (bicyclic) bond motifs is 2. The summed E-state index contributed by atoms with van der Waals surface area (Å²) in [6.45, 7) is 4.48. The normalized spacial score (nSPS) is 15.6. The van der Waals surface area contributed by atoms with Gasteiger partial charge in [-0.15, -0.1) is 0 Å². The summed E-state index contributed by atoms with van der Waals surface area (Å²) in [4.78, 5) is 24.2. The molecule has 0 radical (unpaired) electrons. The van der Waals surface area contributed by atoms with Crippen LogP contribution in [-0.4, -0.2) is 53.1 Å². The lowest BCUT2D eigenvalue weighted by Gasteiger charge is -2.32. The third-order valence-corrected chi connectivity index (χ3v) is 7.22. The maximum absolute atomic E-state index is 12.8. The predicted molar refractivity (Wildman–Crippen MR) is 145 cm³/mol. The van der Waals surface area contributed by atoms with E-state index in [-0.39, 0.29) is 11.9 Å². The van der Waals surface area contributed by atoms with Gasteiger partial charge in [0.2, 0.25) is 5.95 Å². The molecule has 3 aromatic carbocycles. The summed E-state index contributed by atoms with van der Waals surface area (Å²) in [6.07, 6.45) is 1.67. The van der Waals surface area contributed by atoms with Crippen molar-refractivity contribution < 1.29 is 14.3 Å². The molecular weight excluding hydrogens is 488 g/mol. The van der Waals surface area contributed by atoms with Crippen LogP contribution in [0.1, 0.15) is 28.9 Å². The monoisotopic (exact) mass is 514 g/mol. The number of piperidine rings is 1. The van der Waals surface area contributed by atoms with Gasteiger partial charge in [0.15, 0.2) is 11.5 Å². The number of benzene rings is 3. The van der Waals surface area contributed by atoms with Gasteiger partial charge in [0.1, 0.15) is 13.2 Å². The van der Waals surface area contributed by atoms with Gasteiger partial charge < -0.3 is 19.7 Å². The molecule has 37 heavy (non-hydrogen) atoms. The molecule has 1 aromatic heterocycles. The number of para-hydroxylation sites is 1. The van der Waals surface area contributed by atoms with E-state index in [0.29, 0.717) is 42.8 Å². The minimum atomic E-state index is 0.0420. The van der Waals surface area contributed by atoms with Crippen molar-refractivity contribution in [2.75, 3.05) is 31.6 Å². The molecule has 8 heteroatoms. The Morgan fingerprint density at radius 1 is 1.00 bits per heavy atom. The average Bonchev–Trinajstić information content (AvgIpc) is 2.93. The van der Waals surface area contributed by atoms with Crippen LogP contribution in [0.3, 0.4) is 0 Å². The lowest BCUT2D eigenvalue weighted by molar-refractivity contribution is 0.0718. The van der Waals surface area contributed by atoms with Gasteiger partial charge in [0.25, 0.3) is 5.91 Å². The fourth-order valence-electron chi connectivity index (χ4n) is 5.00. The summed E-state index contributed by atoms with van der Waals surface area (Å²) in [5.74, 6) is 2.22. The number of ether oxygens (including phenoxy) is 2. The molecule has 4 aromatic rings. The Labute approximate surface area is 220 Å². The quantitative estimate of drug-likeness (QED) is 0.374. The molecule has 1 fully saturated rings. The summed E-state index contributed by atoms with van der Waals surface area (Å²) < 4.78 is 11.7. The lowest BCUT2D eigenvalue weighted by atomic mass is 10.0. The van der Waals surface area contributed by atoms with E-state index < -0.39 is 0 Å². The van der Waals surface area contributed by atoms with Crippen LogP contribution in [0.25, 0.3) is 22.0 Å². The number of rotatable bonds is 4. The van der Waals surface area contributed by atoms with Crippen LogP contribution in [0.4, 0.5) is 5.95 Å². The first kappa shape index (κ1) is 23.6. The number of anilines is 1. The number of aromatic nitrogens is 2. The third kappa shape index (κ3) is 4.79. The number of amides is 1. The fourth-order valence-corrected chi connectivity index (χ4v) is 5.13. The minimum Gasteiger partial charge on any atom is -0.486 e. The molecule has 0 spiro atoms. The van der Waals surface area contributed by atoms with Gasteiger partial charge in [-0.25, -0.2) is 9.97 Å². The highest BCUT2D eigenvalue weighted by Crippen LogP contribution is 2.40. The first-order valence-corrected chi connectivity index (χ1v) is 12.9. The topological polar surface area (TPSA) is 76.6 Å². The number of nitrogens with zero attached hydrogens (tertiary/aromatic N) is 3. The molecule has 0 saturated carbocycles. The molecular formula is C29H27ClN4O3. The van der Waals surface area contributed by atoms with Gasteiger partial charge in [-0.1, -0.05) is 29.8 Å². The van der Waals surface area contributed by atoms with Crippen molar-refractivity contribution in [3.05, 3.63) is 76.9 Å². The van der Waals surface area contributed by atoms with Crippen molar-refractivity contribution in [1.29, 1.82) is 0 Å². The summed E-state index contributed by atoms with van der Waals surface area (Å²) in [5, 5.41) is 5.12. The fraction of sp³-hybridized carbons (Fsp3) is 0.276. The number of halogens is 1. The lowest BCUT2D eigenvalue weighted by Crippen LogP contribution is -2.42. The van der Waals surface area contributed by atoms with Crippen molar-refractivity contribution in [1.82, 2.24) is 14.9 Å². The van der Waals surface area contributed by atoms with Crippen LogP contribution in [-0.2, 0) is 0 Å². The average molecular weight is 515 g/mol. The largest absolute Gasteiger partial charge is 0.486 e. The van der Waals surface area contributed by atoms with E-state index in [1.807, 2.05) is 36.1 Å². The number of aryl methyl sites for hydroxylation is 1. The Morgan fingerprint density at radius 2 is 1.78 bits per heavy atom. The molecule has 2 aliphatic rings. The first-order valence-electron chi connectivity index (χ1n) is 12.5. The zero-order chi connectivity index (χ0) is 25.4. The molecule has 1 amide bonds. The van der Waals surface area contributed by atoms with Crippen LogP contribution in [0.15, 0.2) is 60.7 Å².